The van der Waals surface area contributed by atoms with Crippen molar-refractivity contribution in [3.8, 4) is 0 Å². The molecule has 2 heterocycles. The molecule has 7 nitrogen and oxygen atoms in total. The molecular weight excluding hydrogens is 462 g/mol. The summed E-state index contributed by atoms with van der Waals surface area (Å²) in [4.78, 5) is 19.7. The zero-order valence-electron chi connectivity index (χ0n) is 21.2. The molecule has 1 saturated heterocycles. The number of hydrogen-bond donors (Lipinski definition) is 0. The Bertz CT molecular complexity index is 1120. The van der Waals surface area contributed by atoms with Crippen molar-refractivity contribution in [3.63, 3.8) is 0 Å². The molecule has 0 unspecified atom stereocenters. The maximum Gasteiger partial charge on any atom is 0.416 e. The Hall–Kier alpha value is -2.45. The first-order valence-corrected chi connectivity index (χ1v) is 14.1. The van der Waals surface area contributed by atoms with E-state index in [-0.39, 0.29) is 18.2 Å². The number of aromatic nitrogens is 1. The van der Waals surface area contributed by atoms with Crippen molar-refractivity contribution in [2.45, 2.75) is 95.2 Å². The summed E-state index contributed by atoms with van der Waals surface area (Å²) in [5.41, 5.74) is 1.27. The topological polar surface area (TPSA) is 79.8 Å². The van der Waals surface area contributed by atoms with E-state index in [0.29, 0.717) is 17.3 Å². The second kappa shape index (κ2) is 10.3. The van der Waals surface area contributed by atoms with Gasteiger partial charge in [0.15, 0.2) is 0 Å². The van der Waals surface area contributed by atoms with Gasteiger partial charge in [-0.05, 0) is 77.1 Å². The zero-order valence-corrected chi connectivity index (χ0v) is 22.1. The Balaban J connectivity index is 1.61. The lowest BCUT2D eigenvalue weighted by atomic mass is 9.99. The fourth-order valence-electron chi connectivity index (χ4n) is 5.01. The predicted molar refractivity (Wildman–Crippen MR) is 137 cm³/mol. The molecule has 2 aromatic rings. The van der Waals surface area contributed by atoms with E-state index in [1.54, 1.807) is 27.5 Å². The maximum absolute atomic E-state index is 13.5. The van der Waals surface area contributed by atoms with Gasteiger partial charge in [-0.15, -0.1) is 0 Å². The van der Waals surface area contributed by atoms with Gasteiger partial charge in [-0.3, -0.25) is 4.90 Å². The van der Waals surface area contributed by atoms with Crippen molar-refractivity contribution in [3.05, 3.63) is 53.7 Å². The molecule has 1 atom stereocenters. The van der Waals surface area contributed by atoms with Crippen LogP contribution in [0.3, 0.4) is 0 Å². The maximum atomic E-state index is 13.5. The Labute approximate surface area is 209 Å². The molecule has 1 aromatic heterocycles. The highest BCUT2D eigenvalue weighted by Crippen LogP contribution is 2.36. The van der Waals surface area contributed by atoms with Gasteiger partial charge in [-0.25, -0.2) is 18.2 Å². The SMILES string of the molecule is Cc1ccc(S(=O)(=O)N2CCCC[C@H]2c2ccc(N(C(=O)OC(C)(C)C)C3CCCC3)nc2)cc1. The number of benzene rings is 1. The minimum atomic E-state index is -3.63. The van der Waals surface area contributed by atoms with Crippen molar-refractivity contribution < 1.29 is 17.9 Å². The number of carbonyl (C=O) groups is 1. The van der Waals surface area contributed by atoms with Crippen LogP contribution in [0, 0.1) is 6.92 Å². The highest BCUT2D eigenvalue weighted by molar-refractivity contribution is 7.89. The molecule has 2 aliphatic rings. The first kappa shape index (κ1) is 25.6. The molecule has 1 amide bonds. The molecule has 0 spiro atoms. The zero-order chi connectivity index (χ0) is 25.2. The number of nitrogens with zero attached hydrogens (tertiary/aromatic N) is 3. The number of amides is 1. The molecule has 4 rings (SSSR count). The van der Waals surface area contributed by atoms with Crippen LogP contribution in [0.1, 0.15) is 82.9 Å². The van der Waals surface area contributed by atoms with Gasteiger partial charge in [-0.2, -0.15) is 4.31 Å². The summed E-state index contributed by atoms with van der Waals surface area (Å²) in [6, 6.07) is 10.6. The van der Waals surface area contributed by atoms with Crippen LogP contribution in [-0.4, -0.2) is 42.0 Å². The van der Waals surface area contributed by atoms with Gasteiger partial charge >= 0.3 is 6.09 Å². The summed E-state index contributed by atoms with van der Waals surface area (Å²) in [5, 5.41) is 0. The highest BCUT2D eigenvalue weighted by Gasteiger charge is 2.36. The predicted octanol–water partition coefficient (Wildman–Crippen LogP) is 5.99. The molecule has 0 bridgehead atoms. The van der Waals surface area contributed by atoms with Crippen LogP contribution in [0.15, 0.2) is 47.5 Å². The van der Waals surface area contributed by atoms with Crippen LogP contribution in [0.4, 0.5) is 10.6 Å². The summed E-state index contributed by atoms with van der Waals surface area (Å²) in [6.07, 6.45) is 7.89. The minimum Gasteiger partial charge on any atom is -0.443 e. The molecule has 8 heteroatoms. The third-order valence-electron chi connectivity index (χ3n) is 6.76. The summed E-state index contributed by atoms with van der Waals surface area (Å²) >= 11 is 0. The third-order valence-corrected chi connectivity index (χ3v) is 8.69. The van der Waals surface area contributed by atoms with Gasteiger partial charge in [0.2, 0.25) is 10.0 Å². The van der Waals surface area contributed by atoms with E-state index in [0.717, 1.165) is 56.1 Å². The number of rotatable bonds is 5. The normalized spacial score (nSPS) is 20.1. The van der Waals surface area contributed by atoms with E-state index >= 15 is 0 Å². The van der Waals surface area contributed by atoms with Crippen molar-refractivity contribution >= 4 is 21.9 Å². The van der Waals surface area contributed by atoms with Crippen molar-refractivity contribution in [2.75, 3.05) is 11.4 Å². The number of carbonyl (C=O) groups excluding carboxylic acids is 1. The summed E-state index contributed by atoms with van der Waals surface area (Å²) < 4.78 is 34.3. The van der Waals surface area contributed by atoms with Crippen molar-refractivity contribution in [1.29, 1.82) is 0 Å². The lowest BCUT2D eigenvalue weighted by molar-refractivity contribution is 0.0564. The van der Waals surface area contributed by atoms with Gasteiger partial charge in [0.05, 0.1) is 10.9 Å². The lowest BCUT2D eigenvalue weighted by Crippen LogP contribution is -2.43. The molecule has 190 valence electrons. The fraction of sp³-hybridized carbons (Fsp3) is 0.556. The number of anilines is 1. The number of piperidine rings is 1. The standard InChI is InChI=1S/C27H37N3O4S/c1-20-12-15-23(16-13-20)35(32,33)29-18-8-7-11-24(29)21-14-17-25(28-19-21)30(22-9-5-6-10-22)26(31)34-27(2,3)4/h12-17,19,22,24H,5-11,18H2,1-4H3/t24-/m0/s1. The number of pyridine rings is 1. The molecule has 1 aliphatic carbocycles. The molecule has 1 aliphatic heterocycles. The summed E-state index contributed by atoms with van der Waals surface area (Å²) in [5.74, 6) is 0.554. The lowest BCUT2D eigenvalue weighted by Gasteiger charge is -2.35. The summed E-state index contributed by atoms with van der Waals surface area (Å²) in [7, 11) is -3.63. The van der Waals surface area contributed by atoms with Crippen LogP contribution < -0.4 is 4.90 Å². The molecular formula is C27H37N3O4S. The molecule has 2 fully saturated rings. The van der Waals surface area contributed by atoms with E-state index in [2.05, 4.69) is 4.98 Å². The van der Waals surface area contributed by atoms with E-state index in [9.17, 15) is 13.2 Å². The van der Waals surface area contributed by atoms with Gasteiger partial charge < -0.3 is 4.74 Å². The average molecular weight is 500 g/mol. The number of hydrogen-bond acceptors (Lipinski definition) is 5. The van der Waals surface area contributed by atoms with Crippen LogP contribution in [0.5, 0.6) is 0 Å². The first-order valence-electron chi connectivity index (χ1n) is 12.6. The number of aryl methyl sites for hydroxylation is 1. The molecule has 1 saturated carbocycles. The van der Waals surface area contributed by atoms with E-state index in [1.807, 2.05) is 52.0 Å². The molecule has 0 N–H and O–H groups in total. The van der Waals surface area contributed by atoms with Gasteiger partial charge in [0.25, 0.3) is 0 Å². The van der Waals surface area contributed by atoms with E-state index in [4.69, 9.17) is 4.74 Å². The second-order valence-electron chi connectivity index (χ2n) is 10.7. The first-order chi connectivity index (χ1) is 16.6. The van der Waals surface area contributed by atoms with Gasteiger partial charge in [0.1, 0.15) is 11.4 Å². The summed E-state index contributed by atoms with van der Waals surface area (Å²) in [6.45, 7) is 8.01. The Kier molecular flexibility index (Phi) is 7.52. The molecule has 0 radical (unpaired) electrons. The average Bonchev–Trinajstić information content (AvgIpc) is 3.33. The monoisotopic (exact) mass is 499 g/mol. The van der Waals surface area contributed by atoms with Crippen molar-refractivity contribution in [2.24, 2.45) is 0 Å². The van der Waals surface area contributed by atoms with Crippen LogP contribution in [0.2, 0.25) is 0 Å². The van der Waals surface area contributed by atoms with E-state index in [1.165, 1.54) is 0 Å². The Morgan fingerprint density at radius 1 is 1.00 bits per heavy atom. The number of sulfonamides is 1. The Morgan fingerprint density at radius 2 is 1.66 bits per heavy atom. The number of ether oxygens (including phenoxy) is 1. The van der Waals surface area contributed by atoms with Gasteiger partial charge in [-0.1, -0.05) is 43.0 Å². The third kappa shape index (κ3) is 5.86. The Morgan fingerprint density at radius 3 is 2.26 bits per heavy atom. The van der Waals surface area contributed by atoms with E-state index < -0.39 is 15.6 Å². The fourth-order valence-corrected chi connectivity index (χ4v) is 6.69. The highest BCUT2D eigenvalue weighted by atomic mass is 32.2. The van der Waals surface area contributed by atoms with Gasteiger partial charge in [0, 0.05) is 18.8 Å². The second-order valence-corrected chi connectivity index (χ2v) is 12.6. The van der Waals surface area contributed by atoms with Crippen molar-refractivity contribution in [1.82, 2.24) is 9.29 Å². The molecule has 35 heavy (non-hydrogen) atoms. The van der Waals surface area contributed by atoms with Crippen LogP contribution in [-0.2, 0) is 14.8 Å². The largest absolute Gasteiger partial charge is 0.443 e. The quantitative estimate of drug-likeness (QED) is 0.505. The minimum absolute atomic E-state index is 0.0660. The van der Waals surface area contributed by atoms with Crippen LogP contribution >= 0.6 is 0 Å². The smallest absolute Gasteiger partial charge is 0.416 e. The molecule has 1 aromatic carbocycles. The van der Waals surface area contributed by atoms with Crippen LogP contribution in [0.25, 0.3) is 0 Å².